The van der Waals surface area contributed by atoms with Gasteiger partial charge in [-0.2, -0.15) is 0 Å². The Hall–Kier alpha value is -2.44. The van der Waals surface area contributed by atoms with Crippen molar-refractivity contribution in [2.75, 3.05) is 6.61 Å². The normalized spacial score (nSPS) is 10.4. The lowest BCUT2D eigenvalue weighted by atomic mass is 10.1. The second-order valence-electron chi connectivity index (χ2n) is 6.17. The van der Waals surface area contributed by atoms with E-state index in [0.29, 0.717) is 17.7 Å². The number of hydrogen-bond donors (Lipinski definition) is 0. The van der Waals surface area contributed by atoms with Crippen LogP contribution in [-0.2, 0) is 25.7 Å². The summed E-state index contributed by atoms with van der Waals surface area (Å²) in [4.78, 5) is 33.6. The largest absolute Gasteiger partial charge is 0.466 e. The van der Waals surface area contributed by atoms with Crippen molar-refractivity contribution in [3.8, 4) is 0 Å². The van der Waals surface area contributed by atoms with Crippen LogP contribution in [0.15, 0.2) is 18.2 Å². The van der Waals surface area contributed by atoms with Gasteiger partial charge < -0.3 is 9.47 Å². The molecule has 0 N–H and O–H groups in total. The summed E-state index contributed by atoms with van der Waals surface area (Å²) in [5, 5.41) is 10.8. The van der Waals surface area contributed by atoms with Gasteiger partial charge in [-0.25, -0.2) is 0 Å². The number of rotatable bonds is 12. The summed E-state index contributed by atoms with van der Waals surface area (Å²) in [6.45, 7) is 4.17. The third-order valence-corrected chi connectivity index (χ3v) is 3.90. The summed E-state index contributed by atoms with van der Waals surface area (Å²) in [5.74, 6) is -0.899. The average molecular weight is 365 g/mol. The Bertz CT molecular complexity index is 614. The zero-order valence-corrected chi connectivity index (χ0v) is 15.5. The van der Waals surface area contributed by atoms with Crippen molar-refractivity contribution in [2.45, 2.75) is 65.4 Å². The monoisotopic (exact) mass is 365 g/mol. The van der Waals surface area contributed by atoms with Gasteiger partial charge in [-0.1, -0.05) is 32.6 Å². The fourth-order valence-corrected chi connectivity index (χ4v) is 2.42. The minimum Gasteiger partial charge on any atom is -0.466 e. The van der Waals surface area contributed by atoms with Crippen LogP contribution in [0.3, 0.4) is 0 Å². The molecule has 0 unspecified atom stereocenters. The van der Waals surface area contributed by atoms with Gasteiger partial charge in [-0.3, -0.25) is 19.7 Å². The molecule has 1 aromatic rings. The topological polar surface area (TPSA) is 95.7 Å². The van der Waals surface area contributed by atoms with Gasteiger partial charge in [0.15, 0.2) is 0 Å². The molecule has 0 amide bonds. The third-order valence-electron chi connectivity index (χ3n) is 3.90. The highest BCUT2D eigenvalue weighted by Gasteiger charge is 2.12. The van der Waals surface area contributed by atoms with E-state index in [4.69, 9.17) is 9.47 Å². The highest BCUT2D eigenvalue weighted by Crippen LogP contribution is 2.19. The lowest BCUT2D eigenvalue weighted by Gasteiger charge is -2.07. The molecule has 0 radical (unpaired) electrons. The quantitative estimate of drug-likeness (QED) is 0.238. The molecule has 144 valence electrons. The van der Waals surface area contributed by atoms with Crippen molar-refractivity contribution in [1.82, 2.24) is 0 Å². The molecule has 0 bridgehead atoms. The summed E-state index contributed by atoms with van der Waals surface area (Å²) in [6, 6.07) is 4.54. The van der Waals surface area contributed by atoms with Crippen LogP contribution in [0.4, 0.5) is 5.69 Å². The molecule has 0 aliphatic carbocycles. The fourth-order valence-electron chi connectivity index (χ4n) is 2.42. The van der Waals surface area contributed by atoms with Crippen molar-refractivity contribution in [1.29, 1.82) is 0 Å². The minimum absolute atomic E-state index is 0.00686. The van der Waals surface area contributed by atoms with Crippen LogP contribution in [-0.4, -0.2) is 23.5 Å². The first kappa shape index (κ1) is 21.6. The molecule has 1 rings (SSSR count). The summed E-state index contributed by atoms with van der Waals surface area (Å²) in [5.41, 5.74) is 1.19. The fraction of sp³-hybridized carbons (Fsp3) is 0.579. The second kappa shape index (κ2) is 12.0. The molecule has 26 heavy (non-hydrogen) atoms. The van der Waals surface area contributed by atoms with E-state index in [1.165, 1.54) is 18.9 Å². The smallest absolute Gasteiger partial charge is 0.306 e. The van der Waals surface area contributed by atoms with Gasteiger partial charge in [0, 0.05) is 11.6 Å². The van der Waals surface area contributed by atoms with Crippen molar-refractivity contribution in [3.05, 3.63) is 39.4 Å². The first-order chi connectivity index (χ1) is 12.4. The molecule has 0 aliphatic heterocycles. The number of unbranched alkanes of at least 4 members (excludes halogenated alkanes) is 4. The number of aryl methyl sites for hydroxylation is 1. The molecule has 0 aromatic heterocycles. The number of esters is 2. The summed E-state index contributed by atoms with van der Waals surface area (Å²) in [7, 11) is 0. The van der Waals surface area contributed by atoms with Gasteiger partial charge in [0.05, 0.1) is 24.4 Å². The van der Waals surface area contributed by atoms with Gasteiger partial charge in [-0.05, 0) is 31.0 Å². The Kier molecular flexibility index (Phi) is 9.97. The zero-order chi connectivity index (χ0) is 19.4. The van der Waals surface area contributed by atoms with Crippen LogP contribution in [0.5, 0.6) is 0 Å². The van der Waals surface area contributed by atoms with Crippen LogP contribution in [0, 0.1) is 17.0 Å². The highest BCUT2D eigenvalue weighted by molar-refractivity contribution is 5.77. The highest BCUT2D eigenvalue weighted by atomic mass is 16.6. The second-order valence-corrected chi connectivity index (χ2v) is 6.17. The zero-order valence-electron chi connectivity index (χ0n) is 15.5. The van der Waals surface area contributed by atoms with E-state index in [1.807, 2.05) is 0 Å². The van der Waals surface area contributed by atoms with E-state index in [0.717, 1.165) is 19.3 Å². The summed E-state index contributed by atoms with van der Waals surface area (Å²) >= 11 is 0. The van der Waals surface area contributed by atoms with Crippen LogP contribution in [0.25, 0.3) is 0 Å². The van der Waals surface area contributed by atoms with E-state index < -0.39 is 16.9 Å². The number of nitro benzene ring substituents is 1. The van der Waals surface area contributed by atoms with Crippen molar-refractivity contribution in [2.24, 2.45) is 0 Å². The maximum atomic E-state index is 11.7. The van der Waals surface area contributed by atoms with Gasteiger partial charge in [0.2, 0.25) is 0 Å². The Balaban J connectivity index is 2.21. The van der Waals surface area contributed by atoms with Crippen LogP contribution in [0.1, 0.15) is 63.0 Å². The lowest BCUT2D eigenvalue weighted by molar-refractivity contribution is -0.385. The predicted molar refractivity (Wildman–Crippen MR) is 96.6 cm³/mol. The molecule has 7 nitrogen and oxygen atoms in total. The molecular weight excluding hydrogens is 338 g/mol. The number of ether oxygens (including phenoxy) is 2. The number of nitrogens with zero attached hydrogens (tertiary/aromatic N) is 1. The molecular formula is C19H27NO6. The van der Waals surface area contributed by atoms with E-state index in [9.17, 15) is 19.7 Å². The Labute approximate surface area is 153 Å². The summed E-state index contributed by atoms with van der Waals surface area (Å²) in [6.07, 6.45) is 5.33. The van der Waals surface area contributed by atoms with Crippen LogP contribution >= 0.6 is 0 Å². The number of hydrogen-bond acceptors (Lipinski definition) is 6. The van der Waals surface area contributed by atoms with E-state index >= 15 is 0 Å². The first-order valence-electron chi connectivity index (χ1n) is 8.99. The van der Waals surface area contributed by atoms with Crippen molar-refractivity contribution < 1.29 is 24.0 Å². The van der Waals surface area contributed by atoms with E-state index in [2.05, 4.69) is 6.92 Å². The number of carbonyl (C=O) groups is 2. The average Bonchev–Trinajstić information content (AvgIpc) is 2.60. The predicted octanol–water partition coefficient (Wildman–Crippen LogP) is 4.24. The summed E-state index contributed by atoms with van der Waals surface area (Å²) < 4.78 is 10.2. The Morgan fingerprint density at radius 3 is 2.31 bits per heavy atom. The van der Waals surface area contributed by atoms with Crippen LogP contribution < -0.4 is 0 Å². The molecule has 0 saturated carbocycles. The molecule has 7 heteroatoms. The van der Waals surface area contributed by atoms with Gasteiger partial charge in [-0.15, -0.1) is 0 Å². The molecule has 1 aromatic carbocycles. The standard InChI is InChI=1S/C19H27NO6/c1-3-4-5-6-7-12-25-18(21)10-11-19(22)26-14-16-8-9-17(20(23)24)15(2)13-16/h8-9,13H,3-7,10-12,14H2,1-2H3. The molecule has 0 spiro atoms. The SMILES string of the molecule is CCCCCCCOC(=O)CCC(=O)OCc1ccc([N+](=O)[O-])c(C)c1. The molecule has 0 atom stereocenters. The maximum absolute atomic E-state index is 11.7. The van der Waals surface area contributed by atoms with Gasteiger partial charge in [0.25, 0.3) is 5.69 Å². The van der Waals surface area contributed by atoms with Crippen LogP contribution in [0.2, 0.25) is 0 Å². The first-order valence-corrected chi connectivity index (χ1v) is 8.99. The Morgan fingerprint density at radius 2 is 1.69 bits per heavy atom. The molecule has 0 saturated heterocycles. The van der Waals surface area contributed by atoms with E-state index in [1.54, 1.807) is 19.1 Å². The molecule has 0 aliphatic rings. The Morgan fingerprint density at radius 1 is 1.04 bits per heavy atom. The van der Waals surface area contributed by atoms with Crippen molar-refractivity contribution >= 4 is 17.6 Å². The minimum atomic E-state index is -0.499. The van der Waals surface area contributed by atoms with E-state index in [-0.39, 0.29) is 25.1 Å². The third kappa shape index (κ3) is 8.60. The lowest BCUT2D eigenvalue weighted by Crippen LogP contribution is -2.11. The maximum Gasteiger partial charge on any atom is 0.306 e. The number of nitro groups is 1. The van der Waals surface area contributed by atoms with Crippen molar-refractivity contribution in [3.63, 3.8) is 0 Å². The number of carbonyl (C=O) groups excluding carboxylic acids is 2. The molecule has 0 heterocycles. The van der Waals surface area contributed by atoms with Gasteiger partial charge >= 0.3 is 11.9 Å². The molecule has 0 fully saturated rings. The number of benzene rings is 1. The van der Waals surface area contributed by atoms with Gasteiger partial charge in [0.1, 0.15) is 6.61 Å².